The van der Waals surface area contributed by atoms with Crippen molar-refractivity contribution >= 4 is 32.0 Å². The van der Waals surface area contributed by atoms with Crippen molar-refractivity contribution in [3.05, 3.63) is 95.6 Å². The van der Waals surface area contributed by atoms with Crippen molar-refractivity contribution in [3.8, 4) is 0 Å². The van der Waals surface area contributed by atoms with Crippen molar-refractivity contribution in [2.45, 2.75) is 37.3 Å². The van der Waals surface area contributed by atoms with E-state index in [2.05, 4.69) is 71.7 Å². The summed E-state index contributed by atoms with van der Waals surface area (Å²) < 4.78 is 3.81. The maximum atomic E-state index is 4.66. The average molecular weight is 385 g/mol. The molecule has 2 nitrogen and oxygen atoms in total. The van der Waals surface area contributed by atoms with Gasteiger partial charge in [-0.2, -0.15) is 0 Å². The molecular weight excluding hydrogens is 355 g/mol. The highest BCUT2D eigenvalue weighted by atomic mass is 27.2. The van der Waals surface area contributed by atoms with Crippen molar-refractivity contribution in [2.75, 3.05) is 4.30 Å². The van der Waals surface area contributed by atoms with E-state index in [1.165, 1.54) is 32.9 Å². The fourth-order valence-electron chi connectivity index (χ4n) is 3.58. The molecule has 0 radical (unpaired) electrons. The highest BCUT2D eigenvalue weighted by Crippen LogP contribution is 2.20. The molecule has 0 heterocycles. The molecule has 0 aliphatic carbocycles. The summed E-state index contributed by atoms with van der Waals surface area (Å²) in [6, 6.07) is 27.4. The number of hydrogen-bond donors (Lipinski definition) is 1. The van der Waals surface area contributed by atoms with Crippen LogP contribution in [0.2, 0.25) is 10.6 Å². The first-order valence-corrected chi connectivity index (χ1v) is 12.5. The van der Waals surface area contributed by atoms with E-state index >= 15 is 0 Å². The van der Waals surface area contributed by atoms with Gasteiger partial charge in [0.25, 0.3) is 0 Å². The SMILES string of the molecule is CCc1c(C=Nc2ccccc2)cccc1C[CH2][Al]([CH2]C)[NH]c1ccccc1. The molecule has 28 heavy (non-hydrogen) atoms. The summed E-state index contributed by atoms with van der Waals surface area (Å²) in [6.45, 7) is 4.56. The van der Waals surface area contributed by atoms with E-state index in [0.29, 0.717) is 0 Å². The van der Waals surface area contributed by atoms with Crippen LogP contribution in [0, 0.1) is 0 Å². The second-order valence-electron chi connectivity index (χ2n) is 7.09. The van der Waals surface area contributed by atoms with Gasteiger partial charge in [-0.15, -0.1) is 0 Å². The number of nitrogens with one attached hydrogen (secondary N) is 1. The normalized spacial score (nSPS) is 10.9. The van der Waals surface area contributed by atoms with Crippen LogP contribution in [0.1, 0.15) is 30.5 Å². The quantitative estimate of drug-likeness (QED) is 0.323. The molecule has 142 valence electrons. The van der Waals surface area contributed by atoms with Gasteiger partial charge in [-0.05, 0) is 53.8 Å². The van der Waals surface area contributed by atoms with E-state index < -0.39 is 14.4 Å². The largest absolute Gasteiger partial charge is 0.476 e. The minimum absolute atomic E-state index is 1.00. The van der Waals surface area contributed by atoms with E-state index in [9.17, 15) is 0 Å². The van der Waals surface area contributed by atoms with Gasteiger partial charge < -0.3 is 4.30 Å². The topological polar surface area (TPSA) is 24.4 Å². The molecule has 1 N–H and O–H groups in total. The summed E-state index contributed by atoms with van der Waals surface area (Å²) in [4.78, 5) is 4.66. The summed E-state index contributed by atoms with van der Waals surface area (Å²) in [5, 5.41) is 2.52. The molecule has 0 bridgehead atoms. The summed E-state index contributed by atoms with van der Waals surface area (Å²) in [5.41, 5.74) is 6.42. The number of aryl methyl sites for hydroxylation is 1. The zero-order valence-electron chi connectivity index (χ0n) is 16.9. The Morgan fingerprint density at radius 1 is 0.857 bits per heavy atom. The molecule has 0 unspecified atom stereocenters. The van der Waals surface area contributed by atoms with Crippen LogP contribution in [-0.4, -0.2) is 20.6 Å². The molecule has 0 saturated carbocycles. The molecule has 0 amide bonds. The Hall–Kier alpha value is -2.34. The van der Waals surface area contributed by atoms with Crippen LogP contribution in [0.15, 0.2) is 83.9 Å². The lowest BCUT2D eigenvalue weighted by Gasteiger charge is -2.15. The first kappa shape index (κ1) is 20.4. The van der Waals surface area contributed by atoms with Crippen molar-refractivity contribution in [2.24, 2.45) is 4.99 Å². The van der Waals surface area contributed by atoms with Crippen LogP contribution < -0.4 is 4.30 Å². The fourth-order valence-corrected chi connectivity index (χ4v) is 5.66. The van der Waals surface area contributed by atoms with Crippen molar-refractivity contribution in [1.82, 2.24) is 0 Å². The van der Waals surface area contributed by atoms with Gasteiger partial charge in [0.05, 0.1) is 5.69 Å². The van der Waals surface area contributed by atoms with Crippen LogP contribution in [-0.2, 0) is 12.8 Å². The van der Waals surface area contributed by atoms with Gasteiger partial charge in [0.2, 0.25) is 0 Å². The standard InChI is InChI=1S/C17H18N.C6H6N.C2H5.Al/c1-3-14-9-8-10-15(17(14)4-2)13-18-16-11-6-5-7-12-16;7-6-4-2-1-3-5-6;1-2;/h5-13H,1,3-4H2,2H3;1-5,7H;1H2,2H3;/q;-1;;+1. The molecule has 3 aromatic rings. The van der Waals surface area contributed by atoms with Crippen LogP contribution in [0.25, 0.3) is 0 Å². The maximum Gasteiger partial charge on any atom is 0.411 e. The van der Waals surface area contributed by atoms with Crippen molar-refractivity contribution in [3.63, 3.8) is 0 Å². The van der Waals surface area contributed by atoms with Crippen molar-refractivity contribution < 1.29 is 0 Å². The Labute approximate surface area is 174 Å². The van der Waals surface area contributed by atoms with Gasteiger partial charge in [-0.3, -0.25) is 4.99 Å². The smallest absolute Gasteiger partial charge is 0.411 e. The van der Waals surface area contributed by atoms with Crippen LogP contribution >= 0.6 is 0 Å². The van der Waals surface area contributed by atoms with Gasteiger partial charge in [-0.25, -0.2) is 0 Å². The van der Waals surface area contributed by atoms with E-state index in [-0.39, 0.29) is 0 Å². The molecular formula is C25H29AlN2. The van der Waals surface area contributed by atoms with Crippen molar-refractivity contribution in [1.29, 1.82) is 0 Å². The zero-order chi connectivity index (χ0) is 19.6. The monoisotopic (exact) mass is 384 g/mol. The highest BCUT2D eigenvalue weighted by molar-refractivity contribution is 6.62. The Kier molecular flexibility index (Phi) is 7.91. The highest BCUT2D eigenvalue weighted by Gasteiger charge is 2.17. The average Bonchev–Trinajstić information content (AvgIpc) is 2.76. The Balaban J connectivity index is 1.70. The lowest BCUT2D eigenvalue weighted by molar-refractivity contribution is 1.02. The molecule has 0 fully saturated rings. The molecule has 0 aromatic heterocycles. The third-order valence-corrected chi connectivity index (χ3v) is 7.88. The first-order chi connectivity index (χ1) is 13.8. The van der Waals surface area contributed by atoms with Crippen LogP contribution in [0.4, 0.5) is 11.4 Å². The molecule has 0 saturated heterocycles. The molecule has 3 aromatic carbocycles. The number of anilines is 1. The van der Waals surface area contributed by atoms with Gasteiger partial charge in [0.15, 0.2) is 0 Å². The van der Waals surface area contributed by atoms with E-state index in [4.69, 9.17) is 0 Å². The second-order valence-corrected chi connectivity index (χ2v) is 10.2. The molecule has 0 aliphatic rings. The number of benzene rings is 3. The third kappa shape index (κ3) is 5.83. The minimum atomic E-state index is -1.01. The minimum Gasteiger partial charge on any atom is -0.476 e. The summed E-state index contributed by atoms with van der Waals surface area (Å²) in [5.74, 6) is 0. The second kappa shape index (κ2) is 10.9. The predicted molar refractivity (Wildman–Crippen MR) is 124 cm³/mol. The number of hydrogen-bond acceptors (Lipinski definition) is 2. The lowest BCUT2D eigenvalue weighted by atomic mass is 9.98. The number of nitrogens with zero attached hydrogens (tertiary/aromatic N) is 1. The Morgan fingerprint density at radius 3 is 2.25 bits per heavy atom. The fraction of sp³-hybridized carbons (Fsp3) is 0.240. The maximum absolute atomic E-state index is 4.66. The Morgan fingerprint density at radius 2 is 1.57 bits per heavy atom. The molecule has 3 heteroatoms. The molecule has 0 atom stereocenters. The van der Waals surface area contributed by atoms with Gasteiger partial charge in [0.1, 0.15) is 0 Å². The lowest BCUT2D eigenvalue weighted by Crippen LogP contribution is -2.24. The van der Waals surface area contributed by atoms with Crippen LogP contribution in [0.5, 0.6) is 0 Å². The molecule has 0 spiro atoms. The Bertz CT molecular complexity index is 876. The van der Waals surface area contributed by atoms with Gasteiger partial charge in [0, 0.05) is 11.9 Å². The van der Waals surface area contributed by atoms with E-state index in [1.54, 1.807) is 0 Å². The molecule has 3 rings (SSSR count). The number of aliphatic imine (C=N–C) groups is 1. The van der Waals surface area contributed by atoms with Gasteiger partial charge in [-0.1, -0.05) is 79.0 Å². The van der Waals surface area contributed by atoms with E-state index in [1.807, 2.05) is 36.5 Å². The number of para-hydroxylation sites is 2. The summed E-state index contributed by atoms with van der Waals surface area (Å²) in [6.07, 6.45) is 4.20. The zero-order valence-corrected chi connectivity index (χ0v) is 18.1. The van der Waals surface area contributed by atoms with E-state index in [0.717, 1.165) is 18.5 Å². The van der Waals surface area contributed by atoms with Gasteiger partial charge >= 0.3 is 14.4 Å². The molecule has 0 aliphatic heterocycles. The summed E-state index contributed by atoms with van der Waals surface area (Å²) >= 11 is -1.01. The van der Waals surface area contributed by atoms with Crippen LogP contribution in [0.3, 0.4) is 0 Å². The predicted octanol–water partition coefficient (Wildman–Crippen LogP) is 6.67. The first-order valence-electron chi connectivity index (χ1n) is 10.3. The third-order valence-electron chi connectivity index (χ3n) is 5.17. The number of rotatable bonds is 9. The summed E-state index contributed by atoms with van der Waals surface area (Å²) in [7, 11) is 0.